The normalized spacial score (nSPS) is 10.6. The summed E-state index contributed by atoms with van der Waals surface area (Å²) in [5.74, 6) is 0.505. The summed E-state index contributed by atoms with van der Waals surface area (Å²) in [6, 6.07) is 8.41. The summed E-state index contributed by atoms with van der Waals surface area (Å²) < 4.78 is 0.849. The van der Waals surface area contributed by atoms with Gasteiger partial charge in [0.05, 0.1) is 5.75 Å². The summed E-state index contributed by atoms with van der Waals surface area (Å²) in [6.45, 7) is 4.69. The quantitative estimate of drug-likeness (QED) is 0.767. The average Bonchev–Trinajstić information content (AvgIpc) is 2.91. The number of hydrogen-bond donors (Lipinski definition) is 0. The number of benzene rings is 1. The summed E-state index contributed by atoms with van der Waals surface area (Å²) in [5.41, 5.74) is 2.47. The lowest BCUT2D eigenvalue weighted by molar-refractivity contribution is -0.127. The SMILES string of the molecule is CCc1ccc(CN(C)C(=O)CSc2nnc(C)s2)cc1. The zero-order valence-corrected chi connectivity index (χ0v) is 14.1. The van der Waals surface area contributed by atoms with Gasteiger partial charge in [0.2, 0.25) is 5.91 Å². The predicted molar refractivity (Wildman–Crippen MR) is 87.7 cm³/mol. The third-order valence-corrected chi connectivity index (χ3v) is 5.06. The molecule has 6 heteroatoms. The Labute approximate surface area is 133 Å². The molecule has 2 rings (SSSR count). The van der Waals surface area contributed by atoms with Gasteiger partial charge >= 0.3 is 0 Å². The highest BCUT2D eigenvalue weighted by molar-refractivity contribution is 8.01. The van der Waals surface area contributed by atoms with E-state index in [4.69, 9.17) is 0 Å². The molecule has 112 valence electrons. The van der Waals surface area contributed by atoms with Crippen molar-refractivity contribution in [2.45, 2.75) is 31.2 Å². The zero-order valence-electron chi connectivity index (χ0n) is 12.5. The second-order valence-corrected chi connectivity index (χ2v) is 7.20. The van der Waals surface area contributed by atoms with Crippen molar-refractivity contribution in [2.75, 3.05) is 12.8 Å². The highest BCUT2D eigenvalue weighted by Crippen LogP contribution is 2.22. The Morgan fingerprint density at radius 3 is 2.48 bits per heavy atom. The Morgan fingerprint density at radius 1 is 1.24 bits per heavy atom. The van der Waals surface area contributed by atoms with Crippen LogP contribution in [0.2, 0.25) is 0 Å². The molecule has 0 aliphatic heterocycles. The standard InChI is InChI=1S/C15H19N3OS2/c1-4-12-5-7-13(8-6-12)9-18(3)14(19)10-20-15-17-16-11(2)21-15/h5-8H,4,9-10H2,1-3H3. The first-order chi connectivity index (χ1) is 10.1. The maximum Gasteiger partial charge on any atom is 0.233 e. The topological polar surface area (TPSA) is 46.1 Å². The minimum atomic E-state index is 0.104. The van der Waals surface area contributed by atoms with Gasteiger partial charge in [-0.3, -0.25) is 4.79 Å². The van der Waals surface area contributed by atoms with Crippen LogP contribution in [0.15, 0.2) is 28.6 Å². The molecule has 0 radical (unpaired) electrons. The molecule has 1 amide bonds. The van der Waals surface area contributed by atoms with Gasteiger partial charge in [0.25, 0.3) is 0 Å². The molecule has 0 aliphatic rings. The van der Waals surface area contributed by atoms with E-state index in [-0.39, 0.29) is 5.91 Å². The molecule has 4 nitrogen and oxygen atoms in total. The maximum absolute atomic E-state index is 12.1. The van der Waals surface area contributed by atoms with Crippen molar-refractivity contribution in [2.24, 2.45) is 0 Å². The van der Waals surface area contributed by atoms with E-state index in [9.17, 15) is 4.79 Å². The zero-order chi connectivity index (χ0) is 15.2. The van der Waals surface area contributed by atoms with E-state index in [1.807, 2.05) is 14.0 Å². The molecule has 0 aliphatic carbocycles. The molecule has 0 fully saturated rings. The number of hydrogen-bond acceptors (Lipinski definition) is 5. The third-order valence-electron chi connectivity index (χ3n) is 3.10. The van der Waals surface area contributed by atoms with Crippen LogP contribution in [-0.4, -0.2) is 33.8 Å². The largest absolute Gasteiger partial charge is 0.341 e. The lowest BCUT2D eigenvalue weighted by Gasteiger charge is -2.17. The molecule has 0 spiro atoms. The Kier molecular flexibility index (Phi) is 5.76. The summed E-state index contributed by atoms with van der Waals surface area (Å²) in [4.78, 5) is 13.9. The van der Waals surface area contributed by atoms with Crippen molar-refractivity contribution in [3.05, 3.63) is 40.4 Å². The summed E-state index contributed by atoms with van der Waals surface area (Å²) in [5, 5.41) is 8.88. The van der Waals surface area contributed by atoms with E-state index < -0.39 is 0 Å². The average molecular weight is 321 g/mol. The van der Waals surface area contributed by atoms with Gasteiger partial charge in [0, 0.05) is 13.6 Å². The second-order valence-electron chi connectivity index (χ2n) is 4.80. The smallest absolute Gasteiger partial charge is 0.233 e. The second kappa shape index (κ2) is 7.56. The van der Waals surface area contributed by atoms with E-state index in [1.165, 1.54) is 28.7 Å². The molecule has 1 aromatic carbocycles. The van der Waals surface area contributed by atoms with Gasteiger partial charge in [-0.2, -0.15) is 0 Å². The van der Waals surface area contributed by atoms with Gasteiger partial charge < -0.3 is 4.90 Å². The van der Waals surface area contributed by atoms with Crippen LogP contribution in [0.1, 0.15) is 23.1 Å². The van der Waals surface area contributed by atoms with Crippen molar-refractivity contribution < 1.29 is 4.79 Å². The number of rotatable bonds is 6. The molecular weight excluding hydrogens is 302 g/mol. The molecule has 1 heterocycles. The van der Waals surface area contributed by atoms with Crippen LogP contribution in [0.5, 0.6) is 0 Å². The van der Waals surface area contributed by atoms with Crippen molar-refractivity contribution in [1.82, 2.24) is 15.1 Å². The fraction of sp³-hybridized carbons (Fsp3) is 0.400. The van der Waals surface area contributed by atoms with Crippen molar-refractivity contribution in [3.63, 3.8) is 0 Å². The third kappa shape index (κ3) is 4.82. The number of nitrogens with zero attached hydrogens (tertiary/aromatic N) is 3. The highest BCUT2D eigenvalue weighted by atomic mass is 32.2. The van der Waals surface area contributed by atoms with E-state index in [0.717, 1.165) is 21.3 Å². The van der Waals surface area contributed by atoms with E-state index in [1.54, 1.807) is 4.90 Å². The predicted octanol–water partition coefficient (Wildman–Crippen LogP) is 3.16. The first-order valence-corrected chi connectivity index (χ1v) is 8.63. The molecular formula is C15H19N3OS2. The minimum Gasteiger partial charge on any atom is -0.341 e. The monoisotopic (exact) mass is 321 g/mol. The van der Waals surface area contributed by atoms with Gasteiger partial charge in [-0.1, -0.05) is 54.3 Å². The molecule has 0 saturated heterocycles. The van der Waals surface area contributed by atoms with Crippen LogP contribution < -0.4 is 0 Å². The number of carbonyl (C=O) groups is 1. The van der Waals surface area contributed by atoms with Gasteiger partial charge in [0.1, 0.15) is 5.01 Å². The lowest BCUT2D eigenvalue weighted by atomic mass is 10.1. The molecule has 1 aromatic heterocycles. The first-order valence-electron chi connectivity index (χ1n) is 6.83. The van der Waals surface area contributed by atoms with Crippen molar-refractivity contribution in [1.29, 1.82) is 0 Å². The minimum absolute atomic E-state index is 0.104. The summed E-state index contributed by atoms with van der Waals surface area (Å²) >= 11 is 2.97. The van der Waals surface area contributed by atoms with Crippen LogP contribution in [0, 0.1) is 6.92 Å². The highest BCUT2D eigenvalue weighted by Gasteiger charge is 2.11. The van der Waals surface area contributed by atoms with Crippen molar-refractivity contribution >= 4 is 29.0 Å². The number of aromatic nitrogens is 2. The molecule has 21 heavy (non-hydrogen) atoms. The van der Waals surface area contributed by atoms with E-state index in [0.29, 0.717) is 12.3 Å². The summed E-state index contributed by atoms with van der Waals surface area (Å²) in [6.07, 6.45) is 1.03. The number of thioether (sulfide) groups is 1. The van der Waals surface area contributed by atoms with E-state index in [2.05, 4.69) is 41.4 Å². The van der Waals surface area contributed by atoms with Crippen LogP contribution in [0.3, 0.4) is 0 Å². The maximum atomic E-state index is 12.1. The Bertz CT molecular complexity index is 595. The molecule has 2 aromatic rings. The Balaban J connectivity index is 1.83. The molecule has 0 bridgehead atoms. The number of aryl methyl sites for hydroxylation is 2. The number of amides is 1. The fourth-order valence-corrected chi connectivity index (χ4v) is 3.57. The van der Waals surface area contributed by atoms with Crippen LogP contribution in [0.25, 0.3) is 0 Å². The van der Waals surface area contributed by atoms with Gasteiger partial charge in [0.15, 0.2) is 4.34 Å². The van der Waals surface area contributed by atoms with Crippen LogP contribution >= 0.6 is 23.1 Å². The van der Waals surface area contributed by atoms with E-state index >= 15 is 0 Å². The van der Waals surface area contributed by atoms with Crippen LogP contribution in [0.4, 0.5) is 0 Å². The van der Waals surface area contributed by atoms with Gasteiger partial charge in [-0.25, -0.2) is 0 Å². The first kappa shape index (κ1) is 16.0. The number of carbonyl (C=O) groups excluding carboxylic acids is 1. The molecule has 0 atom stereocenters. The molecule has 0 N–H and O–H groups in total. The summed E-state index contributed by atoms with van der Waals surface area (Å²) in [7, 11) is 1.84. The van der Waals surface area contributed by atoms with Gasteiger partial charge in [-0.15, -0.1) is 10.2 Å². The van der Waals surface area contributed by atoms with Crippen LogP contribution in [-0.2, 0) is 17.8 Å². The Hall–Kier alpha value is -1.40. The molecule has 0 unspecified atom stereocenters. The van der Waals surface area contributed by atoms with Crippen molar-refractivity contribution in [3.8, 4) is 0 Å². The molecule has 0 saturated carbocycles. The fourth-order valence-electron chi connectivity index (χ4n) is 1.81. The lowest BCUT2D eigenvalue weighted by Crippen LogP contribution is -2.27. The Morgan fingerprint density at radius 2 is 1.90 bits per heavy atom. The van der Waals surface area contributed by atoms with Gasteiger partial charge in [-0.05, 0) is 24.5 Å².